The van der Waals surface area contributed by atoms with E-state index in [1.54, 1.807) is 11.8 Å². The molecule has 0 fully saturated rings. The summed E-state index contributed by atoms with van der Waals surface area (Å²) in [6, 6.07) is 21.4. The van der Waals surface area contributed by atoms with E-state index in [2.05, 4.69) is 18.2 Å². The van der Waals surface area contributed by atoms with E-state index in [1.807, 2.05) is 30.3 Å². The molecule has 0 amide bonds. The van der Waals surface area contributed by atoms with Gasteiger partial charge in [-0.15, -0.1) is 23.1 Å². The second kappa shape index (κ2) is 7.37. The Hall–Kier alpha value is -2.31. The van der Waals surface area contributed by atoms with Crippen molar-refractivity contribution in [3.05, 3.63) is 83.9 Å². The van der Waals surface area contributed by atoms with Gasteiger partial charge in [-0.25, -0.2) is 4.98 Å². The highest BCUT2D eigenvalue weighted by molar-refractivity contribution is 7.98. The van der Waals surface area contributed by atoms with E-state index in [9.17, 15) is 13.2 Å². The summed E-state index contributed by atoms with van der Waals surface area (Å²) in [6.07, 6.45) is -4.33. The van der Waals surface area contributed by atoms with Crippen LogP contribution in [0.3, 0.4) is 0 Å². The van der Waals surface area contributed by atoms with Crippen molar-refractivity contribution in [1.82, 2.24) is 4.98 Å². The molecule has 0 saturated heterocycles. The van der Waals surface area contributed by atoms with Gasteiger partial charge in [0.2, 0.25) is 0 Å². The zero-order valence-corrected chi connectivity index (χ0v) is 15.7. The minimum Gasteiger partial charge on any atom is -0.236 e. The Kier molecular flexibility index (Phi) is 4.93. The summed E-state index contributed by atoms with van der Waals surface area (Å²) in [5, 5.41) is 0.732. The first-order valence-electron chi connectivity index (χ1n) is 8.24. The molecule has 0 radical (unpaired) electrons. The van der Waals surface area contributed by atoms with Crippen LogP contribution in [0.15, 0.2) is 77.7 Å². The first-order chi connectivity index (χ1) is 13.0. The van der Waals surface area contributed by atoms with Crippen molar-refractivity contribution < 1.29 is 13.2 Å². The normalized spacial score (nSPS) is 11.8. The fourth-order valence-electron chi connectivity index (χ4n) is 2.73. The summed E-state index contributed by atoms with van der Waals surface area (Å²) in [5.41, 5.74) is 2.09. The Morgan fingerprint density at radius 1 is 0.852 bits per heavy atom. The molecule has 6 heteroatoms. The Bertz CT molecular complexity index is 1050. The van der Waals surface area contributed by atoms with Gasteiger partial charge in [-0.3, -0.25) is 0 Å². The molecule has 0 aliphatic carbocycles. The summed E-state index contributed by atoms with van der Waals surface area (Å²) in [6.45, 7) is 0. The molecule has 27 heavy (non-hydrogen) atoms. The van der Waals surface area contributed by atoms with Crippen molar-refractivity contribution in [2.24, 2.45) is 0 Å². The number of fused-ring (bicyclic) bond motifs is 1. The number of thiazole rings is 1. The van der Waals surface area contributed by atoms with E-state index >= 15 is 0 Å². The maximum Gasteiger partial charge on any atom is 0.416 e. The van der Waals surface area contributed by atoms with Crippen molar-refractivity contribution in [3.63, 3.8) is 0 Å². The number of rotatable bonds is 4. The summed E-state index contributed by atoms with van der Waals surface area (Å²) in [4.78, 5) is 5.90. The monoisotopic (exact) mass is 401 g/mol. The molecule has 3 aromatic carbocycles. The van der Waals surface area contributed by atoms with Crippen LogP contribution in [0.25, 0.3) is 20.8 Å². The highest BCUT2D eigenvalue weighted by Gasteiger charge is 2.30. The van der Waals surface area contributed by atoms with Gasteiger partial charge >= 0.3 is 6.18 Å². The molecule has 0 unspecified atom stereocenters. The molecular formula is C21H14F3NS2. The van der Waals surface area contributed by atoms with Crippen LogP contribution in [0.2, 0.25) is 0 Å². The van der Waals surface area contributed by atoms with E-state index < -0.39 is 11.7 Å². The quantitative estimate of drug-likeness (QED) is 0.333. The van der Waals surface area contributed by atoms with Crippen molar-refractivity contribution in [2.75, 3.05) is 0 Å². The maximum absolute atomic E-state index is 12.8. The average Bonchev–Trinajstić information content (AvgIpc) is 3.11. The fourth-order valence-corrected chi connectivity index (χ4v) is 4.65. The zero-order chi connectivity index (χ0) is 18.9. The zero-order valence-electron chi connectivity index (χ0n) is 14.0. The number of nitrogens with zero attached hydrogens (tertiary/aromatic N) is 1. The SMILES string of the molecule is FC(F)(F)c1ccc(-c2nc3c(CSc4ccccc4)cccc3s2)cc1. The van der Waals surface area contributed by atoms with Crippen LogP contribution >= 0.6 is 23.1 Å². The highest BCUT2D eigenvalue weighted by atomic mass is 32.2. The molecular weight excluding hydrogens is 387 g/mol. The van der Waals surface area contributed by atoms with Gasteiger partial charge in [0.25, 0.3) is 0 Å². The first-order valence-corrected chi connectivity index (χ1v) is 10.0. The second-order valence-corrected chi connectivity index (χ2v) is 8.04. The van der Waals surface area contributed by atoms with E-state index in [1.165, 1.54) is 28.4 Å². The fraction of sp³-hybridized carbons (Fsp3) is 0.0952. The molecule has 0 N–H and O–H groups in total. The number of thioether (sulfide) groups is 1. The molecule has 4 rings (SSSR count). The van der Waals surface area contributed by atoms with Gasteiger partial charge in [-0.05, 0) is 35.9 Å². The molecule has 1 aromatic heterocycles. The van der Waals surface area contributed by atoms with Gasteiger partial charge in [0.15, 0.2) is 0 Å². The standard InChI is InChI=1S/C21H14F3NS2/c22-21(23,24)16-11-9-14(10-12-16)20-25-19-15(5-4-8-18(19)27-20)13-26-17-6-2-1-3-7-17/h1-12H,13H2. The number of para-hydroxylation sites is 1. The Labute approximate surface area is 162 Å². The van der Waals surface area contributed by atoms with E-state index in [0.29, 0.717) is 5.56 Å². The third-order valence-corrected chi connectivity index (χ3v) is 6.23. The van der Waals surface area contributed by atoms with Crippen LogP contribution in [-0.4, -0.2) is 4.98 Å². The molecule has 1 nitrogen and oxygen atoms in total. The van der Waals surface area contributed by atoms with Crippen molar-refractivity contribution in [2.45, 2.75) is 16.8 Å². The highest BCUT2D eigenvalue weighted by Crippen LogP contribution is 2.35. The van der Waals surface area contributed by atoms with Gasteiger partial charge in [0, 0.05) is 16.2 Å². The Morgan fingerprint density at radius 3 is 2.30 bits per heavy atom. The third-order valence-electron chi connectivity index (χ3n) is 4.10. The molecule has 4 aromatic rings. The smallest absolute Gasteiger partial charge is 0.236 e. The summed E-state index contributed by atoms with van der Waals surface area (Å²) in [5.74, 6) is 0.789. The lowest BCUT2D eigenvalue weighted by atomic mass is 10.1. The van der Waals surface area contributed by atoms with Crippen molar-refractivity contribution >= 4 is 33.3 Å². The van der Waals surface area contributed by atoms with Crippen LogP contribution in [0, 0.1) is 0 Å². The van der Waals surface area contributed by atoms with E-state index in [-0.39, 0.29) is 0 Å². The van der Waals surface area contributed by atoms with Crippen LogP contribution in [0.4, 0.5) is 13.2 Å². The minimum atomic E-state index is -4.33. The lowest BCUT2D eigenvalue weighted by molar-refractivity contribution is -0.137. The predicted molar refractivity (Wildman–Crippen MR) is 106 cm³/mol. The lowest BCUT2D eigenvalue weighted by Gasteiger charge is -2.06. The Morgan fingerprint density at radius 2 is 1.59 bits per heavy atom. The molecule has 0 saturated carbocycles. The molecule has 1 heterocycles. The van der Waals surface area contributed by atoms with E-state index in [4.69, 9.17) is 4.98 Å². The number of benzene rings is 3. The number of hydrogen-bond acceptors (Lipinski definition) is 3. The molecule has 136 valence electrons. The number of hydrogen-bond donors (Lipinski definition) is 0. The van der Waals surface area contributed by atoms with Crippen molar-refractivity contribution in [3.8, 4) is 10.6 Å². The molecule has 0 spiro atoms. The number of aromatic nitrogens is 1. The van der Waals surface area contributed by atoms with Gasteiger partial charge in [-0.2, -0.15) is 13.2 Å². The van der Waals surface area contributed by atoms with Gasteiger partial charge in [0.1, 0.15) is 5.01 Å². The largest absolute Gasteiger partial charge is 0.416 e. The Balaban J connectivity index is 1.62. The predicted octanol–water partition coefficient (Wildman–Crippen LogP) is 7.27. The average molecular weight is 401 g/mol. The van der Waals surface area contributed by atoms with Gasteiger partial charge < -0.3 is 0 Å². The number of halogens is 3. The van der Waals surface area contributed by atoms with Crippen LogP contribution in [0.1, 0.15) is 11.1 Å². The molecule has 0 aliphatic heterocycles. The topological polar surface area (TPSA) is 12.9 Å². The maximum atomic E-state index is 12.8. The lowest BCUT2D eigenvalue weighted by Crippen LogP contribution is -2.03. The van der Waals surface area contributed by atoms with Gasteiger partial charge in [-0.1, -0.05) is 42.5 Å². The summed E-state index contributed by atoms with van der Waals surface area (Å²) in [7, 11) is 0. The molecule has 0 atom stereocenters. The summed E-state index contributed by atoms with van der Waals surface area (Å²) >= 11 is 3.24. The second-order valence-electron chi connectivity index (χ2n) is 5.96. The first kappa shape index (κ1) is 18.1. The van der Waals surface area contributed by atoms with Crippen molar-refractivity contribution in [1.29, 1.82) is 0 Å². The van der Waals surface area contributed by atoms with Crippen LogP contribution < -0.4 is 0 Å². The molecule has 0 aliphatic rings. The summed E-state index contributed by atoms with van der Waals surface area (Å²) < 4.78 is 39.3. The van der Waals surface area contributed by atoms with E-state index in [0.717, 1.165) is 38.7 Å². The third kappa shape index (κ3) is 4.01. The van der Waals surface area contributed by atoms with Crippen LogP contribution in [-0.2, 0) is 11.9 Å². The van der Waals surface area contributed by atoms with Crippen LogP contribution in [0.5, 0.6) is 0 Å². The molecule has 0 bridgehead atoms. The number of alkyl halides is 3. The minimum absolute atomic E-state index is 0.646. The van der Waals surface area contributed by atoms with Gasteiger partial charge in [0.05, 0.1) is 15.8 Å².